The average molecular weight is 297 g/mol. The van der Waals surface area contributed by atoms with E-state index in [1.165, 1.54) is 6.20 Å². The van der Waals surface area contributed by atoms with Gasteiger partial charge in [-0.2, -0.15) is 0 Å². The summed E-state index contributed by atoms with van der Waals surface area (Å²) in [5.41, 5.74) is 7.11. The maximum absolute atomic E-state index is 12.1. The molecular weight excluding hydrogens is 282 g/mol. The second-order valence-corrected chi connectivity index (χ2v) is 4.66. The molecule has 0 aliphatic carbocycles. The van der Waals surface area contributed by atoms with E-state index in [0.717, 1.165) is 11.6 Å². The van der Waals surface area contributed by atoms with Gasteiger partial charge < -0.3 is 16.2 Å². The molecule has 22 heavy (non-hydrogen) atoms. The molecule has 0 radical (unpaired) electrons. The highest BCUT2D eigenvalue weighted by atomic mass is 16.4. The summed E-state index contributed by atoms with van der Waals surface area (Å²) in [6.45, 7) is 1.90. The number of rotatable bonds is 5. The number of nitrogen functional groups attached to an aromatic ring is 1. The van der Waals surface area contributed by atoms with Crippen molar-refractivity contribution in [1.29, 1.82) is 0 Å². The van der Waals surface area contributed by atoms with Gasteiger partial charge in [0.1, 0.15) is 5.70 Å². The van der Waals surface area contributed by atoms with Gasteiger partial charge in [0.05, 0.1) is 5.69 Å². The Labute approximate surface area is 127 Å². The molecule has 1 aromatic heterocycles. The Balaban J connectivity index is 2.27. The van der Waals surface area contributed by atoms with Crippen molar-refractivity contribution >= 4 is 23.3 Å². The quantitative estimate of drug-likeness (QED) is 0.577. The monoisotopic (exact) mass is 297 g/mol. The van der Waals surface area contributed by atoms with Crippen molar-refractivity contribution in [2.75, 3.05) is 11.1 Å². The number of aromatic nitrogens is 1. The zero-order chi connectivity index (χ0) is 16.1. The molecule has 0 saturated heterocycles. The second-order valence-electron chi connectivity index (χ2n) is 4.66. The smallest absolute Gasteiger partial charge is 0.352 e. The van der Waals surface area contributed by atoms with Crippen LogP contribution in [0.5, 0.6) is 0 Å². The number of carboxylic acid groups (broad SMARTS) is 1. The van der Waals surface area contributed by atoms with E-state index in [0.29, 0.717) is 5.56 Å². The van der Waals surface area contributed by atoms with Crippen molar-refractivity contribution in [3.05, 3.63) is 65.5 Å². The van der Waals surface area contributed by atoms with Gasteiger partial charge in [-0.1, -0.05) is 29.8 Å². The van der Waals surface area contributed by atoms with Gasteiger partial charge in [-0.25, -0.2) is 9.78 Å². The average Bonchev–Trinajstić information content (AvgIpc) is 2.49. The molecule has 6 heteroatoms. The van der Waals surface area contributed by atoms with Crippen molar-refractivity contribution in [2.24, 2.45) is 0 Å². The lowest BCUT2D eigenvalue weighted by molar-refractivity contribution is -0.132. The first-order chi connectivity index (χ1) is 10.5. The first-order valence-electron chi connectivity index (χ1n) is 6.51. The largest absolute Gasteiger partial charge is 0.477 e. The molecule has 2 aromatic rings. The van der Waals surface area contributed by atoms with Gasteiger partial charge in [0.2, 0.25) is 0 Å². The number of nitrogens with zero attached hydrogens (tertiary/aromatic N) is 1. The molecule has 0 fully saturated rings. The van der Waals surface area contributed by atoms with Crippen LogP contribution >= 0.6 is 0 Å². The first-order valence-corrected chi connectivity index (χ1v) is 6.51. The Bertz CT molecular complexity index is 737. The predicted octanol–water partition coefficient (Wildman–Crippen LogP) is 2.24. The van der Waals surface area contributed by atoms with E-state index in [-0.39, 0.29) is 17.2 Å². The van der Waals surface area contributed by atoms with Gasteiger partial charge in [0.15, 0.2) is 11.6 Å². The summed E-state index contributed by atoms with van der Waals surface area (Å²) in [6.07, 6.45) is 2.49. The van der Waals surface area contributed by atoms with Gasteiger partial charge in [-0.3, -0.25) is 4.79 Å². The van der Waals surface area contributed by atoms with Crippen LogP contribution in [-0.2, 0) is 4.79 Å². The van der Waals surface area contributed by atoms with Crippen LogP contribution < -0.4 is 11.1 Å². The number of anilines is 2. The summed E-state index contributed by atoms with van der Waals surface area (Å²) in [6, 6.07) is 10.1. The number of benzene rings is 1. The predicted molar refractivity (Wildman–Crippen MR) is 83.5 cm³/mol. The van der Waals surface area contributed by atoms with E-state index in [1.807, 2.05) is 6.92 Å². The third kappa shape index (κ3) is 3.69. The lowest BCUT2D eigenvalue weighted by Crippen LogP contribution is -2.14. The number of hydrogen-bond acceptors (Lipinski definition) is 5. The molecule has 0 amide bonds. The minimum Gasteiger partial charge on any atom is -0.477 e. The molecule has 0 aliphatic rings. The highest BCUT2D eigenvalue weighted by Gasteiger charge is 2.13. The molecule has 1 heterocycles. The summed E-state index contributed by atoms with van der Waals surface area (Å²) in [5, 5.41) is 11.8. The summed E-state index contributed by atoms with van der Waals surface area (Å²) in [7, 11) is 0. The molecule has 6 nitrogen and oxygen atoms in total. The fourth-order valence-corrected chi connectivity index (χ4v) is 1.73. The van der Waals surface area contributed by atoms with E-state index < -0.39 is 11.8 Å². The zero-order valence-electron chi connectivity index (χ0n) is 11.9. The molecule has 0 spiro atoms. The number of carboxylic acids is 1. The normalized spacial score (nSPS) is 11.0. The van der Waals surface area contributed by atoms with Crippen LogP contribution in [0.4, 0.5) is 11.5 Å². The zero-order valence-corrected chi connectivity index (χ0v) is 11.9. The lowest BCUT2D eigenvalue weighted by atomic mass is 10.1. The fraction of sp³-hybridized carbons (Fsp3) is 0.0625. The van der Waals surface area contributed by atoms with Crippen LogP contribution in [0.3, 0.4) is 0 Å². The van der Waals surface area contributed by atoms with Crippen molar-refractivity contribution in [1.82, 2.24) is 4.98 Å². The Hall–Kier alpha value is -3.15. The SMILES string of the molecule is Cc1ccc(C(=O)C=C(Nc2ncccc2N)C(=O)O)cc1. The summed E-state index contributed by atoms with van der Waals surface area (Å²) in [4.78, 5) is 27.3. The minimum atomic E-state index is -1.27. The first kappa shape index (κ1) is 15.2. The molecule has 2 rings (SSSR count). The topological polar surface area (TPSA) is 105 Å². The molecule has 0 saturated carbocycles. The Morgan fingerprint density at radius 3 is 2.50 bits per heavy atom. The molecule has 4 N–H and O–H groups in total. The lowest BCUT2D eigenvalue weighted by Gasteiger charge is -2.08. The van der Waals surface area contributed by atoms with Gasteiger partial charge in [0, 0.05) is 17.8 Å². The molecule has 0 atom stereocenters. The molecule has 112 valence electrons. The van der Waals surface area contributed by atoms with E-state index in [9.17, 15) is 14.7 Å². The summed E-state index contributed by atoms with van der Waals surface area (Å²) >= 11 is 0. The van der Waals surface area contributed by atoms with E-state index in [2.05, 4.69) is 10.3 Å². The number of ketones is 1. The highest BCUT2D eigenvalue weighted by Crippen LogP contribution is 2.16. The van der Waals surface area contributed by atoms with Gasteiger partial charge in [0.25, 0.3) is 0 Å². The molecule has 0 unspecified atom stereocenters. The second kappa shape index (κ2) is 6.53. The third-order valence-corrected chi connectivity index (χ3v) is 2.93. The number of carbonyl (C=O) groups is 2. The maximum atomic E-state index is 12.1. The summed E-state index contributed by atoms with van der Waals surface area (Å²) in [5.74, 6) is -1.50. The van der Waals surface area contributed by atoms with Crippen molar-refractivity contribution < 1.29 is 14.7 Å². The van der Waals surface area contributed by atoms with Crippen molar-refractivity contribution in [3.63, 3.8) is 0 Å². The van der Waals surface area contributed by atoms with Crippen molar-refractivity contribution in [3.8, 4) is 0 Å². The van der Waals surface area contributed by atoms with Gasteiger partial charge in [-0.15, -0.1) is 0 Å². The molecule has 1 aromatic carbocycles. The Morgan fingerprint density at radius 2 is 1.91 bits per heavy atom. The number of hydrogen-bond donors (Lipinski definition) is 3. The van der Waals surface area contributed by atoms with E-state index in [1.54, 1.807) is 36.4 Å². The number of nitrogens with two attached hydrogens (primary N) is 1. The molecular formula is C16H15N3O3. The van der Waals surface area contributed by atoms with Crippen LogP contribution in [0.15, 0.2) is 54.4 Å². The number of aryl methyl sites for hydroxylation is 1. The van der Waals surface area contributed by atoms with Gasteiger partial charge in [-0.05, 0) is 19.1 Å². The third-order valence-electron chi connectivity index (χ3n) is 2.93. The number of carbonyl (C=O) groups excluding carboxylic acids is 1. The van der Waals surface area contributed by atoms with Crippen LogP contribution in [0.1, 0.15) is 15.9 Å². The standard InChI is InChI=1S/C16H15N3O3/c1-10-4-6-11(7-5-10)14(20)9-13(16(21)22)19-15-12(17)3-2-8-18-15/h2-9H,17H2,1H3,(H,18,19)(H,21,22). The van der Waals surface area contributed by atoms with Gasteiger partial charge >= 0.3 is 5.97 Å². The number of pyridine rings is 1. The van der Waals surface area contributed by atoms with Crippen LogP contribution in [-0.4, -0.2) is 21.8 Å². The van der Waals surface area contributed by atoms with Crippen molar-refractivity contribution in [2.45, 2.75) is 6.92 Å². The number of aliphatic carboxylic acids is 1. The van der Waals surface area contributed by atoms with E-state index >= 15 is 0 Å². The van der Waals surface area contributed by atoms with E-state index in [4.69, 9.17) is 5.73 Å². The maximum Gasteiger partial charge on any atom is 0.352 e. The fourth-order valence-electron chi connectivity index (χ4n) is 1.73. The molecule has 0 aliphatic heterocycles. The minimum absolute atomic E-state index is 0.188. The molecule has 0 bridgehead atoms. The highest BCUT2D eigenvalue weighted by molar-refractivity contribution is 6.09. The summed E-state index contributed by atoms with van der Waals surface area (Å²) < 4.78 is 0. The Morgan fingerprint density at radius 1 is 1.23 bits per heavy atom. The van der Waals surface area contributed by atoms with Crippen LogP contribution in [0, 0.1) is 6.92 Å². The van der Waals surface area contributed by atoms with Crippen LogP contribution in [0.2, 0.25) is 0 Å². The number of allylic oxidation sites excluding steroid dienone is 1. The van der Waals surface area contributed by atoms with Crippen LogP contribution in [0.25, 0.3) is 0 Å². The number of nitrogens with one attached hydrogen (secondary N) is 1. The Kier molecular flexibility index (Phi) is 4.53.